The third-order valence-corrected chi connectivity index (χ3v) is 4.73. The van der Waals surface area contributed by atoms with Crippen LogP contribution in [0.4, 0.5) is 11.4 Å². The number of rotatable bonds is 5. The number of hydrogen-bond donors (Lipinski definition) is 0. The molecule has 148 valence electrons. The zero-order valence-electron chi connectivity index (χ0n) is 16.6. The average Bonchev–Trinajstić information content (AvgIpc) is 3.04. The number of unbranched alkanes of at least 4 members (excludes halogenated alkanes) is 1. The molecular weight excluding hydrogens is 360 g/mol. The predicted molar refractivity (Wildman–Crippen MR) is 117 cm³/mol. The van der Waals surface area contributed by atoms with Crippen molar-refractivity contribution in [3.8, 4) is 0 Å². The normalized spacial score (nSPS) is 14.0. The topological polar surface area (TPSA) is 40.6 Å². The molecule has 0 aliphatic carbocycles. The van der Waals surface area contributed by atoms with Crippen molar-refractivity contribution in [2.75, 3.05) is 10.0 Å². The van der Waals surface area contributed by atoms with Crippen LogP contribution < -0.4 is 10.0 Å². The fourth-order valence-corrected chi connectivity index (χ4v) is 3.26. The molecule has 4 nitrogen and oxygen atoms in total. The van der Waals surface area contributed by atoms with Gasteiger partial charge in [-0.3, -0.25) is 9.59 Å². The standard InChI is InChI=1S/C19H20N2O2.C6H6/c1-2-3-14-17-18(22)20(15-10-6-4-7-11-15)21(19(17)23)16-12-8-5-9-13-16;1-2-4-6-5-3-1/h4-13,17H,2-3,14H2,1H3;1-6H. The highest BCUT2D eigenvalue weighted by Gasteiger charge is 2.46. The molecule has 4 rings (SSSR count). The van der Waals surface area contributed by atoms with Gasteiger partial charge in [-0.05, 0) is 30.7 Å². The summed E-state index contributed by atoms with van der Waals surface area (Å²) >= 11 is 0. The van der Waals surface area contributed by atoms with Crippen LogP contribution in [0.25, 0.3) is 0 Å². The highest BCUT2D eigenvalue weighted by atomic mass is 16.2. The largest absolute Gasteiger partial charge is 0.272 e. The van der Waals surface area contributed by atoms with Crippen LogP contribution in [0.2, 0.25) is 0 Å². The van der Waals surface area contributed by atoms with Crippen LogP contribution >= 0.6 is 0 Å². The van der Waals surface area contributed by atoms with Crippen LogP contribution in [0.3, 0.4) is 0 Å². The number of hydrogen-bond acceptors (Lipinski definition) is 2. The number of benzene rings is 3. The van der Waals surface area contributed by atoms with E-state index in [1.807, 2.05) is 97.1 Å². The van der Waals surface area contributed by atoms with E-state index < -0.39 is 5.92 Å². The van der Waals surface area contributed by atoms with Crippen molar-refractivity contribution in [3.05, 3.63) is 97.1 Å². The highest BCUT2D eigenvalue weighted by Crippen LogP contribution is 2.33. The predicted octanol–water partition coefficient (Wildman–Crippen LogP) is 5.47. The van der Waals surface area contributed by atoms with Gasteiger partial charge in [-0.1, -0.05) is 92.6 Å². The third-order valence-electron chi connectivity index (χ3n) is 4.73. The van der Waals surface area contributed by atoms with Gasteiger partial charge in [0.1, 0.15) is 5.92 Å². The molecular formula is C25H26N2O2. The molecule has 0 radical (unpaired) electrons. The van der Waals surface area contributed by atoms with Gasteiger partial charge < -0.3 is 0 Å². The molecule has 0 atom stereocenters. The molecule has 1 aliphatic heterocycles. The van der Waals surface area contributed by atoms with E-state index in [4.69, 9.17) is 0 Å². The fraction of sp³-hybridized carbons (Fsp3) is 0.200. The lowest BCUT2D eigenvalue weighted by Gasteiger charge is -2.27. The summed E-state index contributed by atoms with van der Waals surface area (Å²) in [7, 11) is 0. The Labute approximate surface area is 172 Å². The minimum Gasteiger partial charge on any atom is -0.272 e. The molecule has 3 aromatic carbocycles. The van der Waals surface area contributed by atoms with Crippen molar-refractivity contribution in [3.63, 3.8) is 0 Å². The maximum atomic E-state index is 12.9. The first-order valence-electron chi connectivity index (χ1n) is 10.0. The number of carbonyl (C=O) groups is 2. The summed E-state index contributed by atoms with van der Waals surface area (Å²) in [5.74, 6) is -0.868. The summed E-state index contributed by atoms with van der Waals surface area (Å²) < 4.78 is 0. The molecule has 1 fully saturated rings. The van der Waals surface area contributed by atoms with Crippen molar-refractivity contribution in [1.29, 1.82) is 0 Å². The van der Waals surface area contributed by atoms with Crippen LogP contribution in [-0.2, 0) is 9.59 Å². The monoisotopic (exact) mass is 386 g/mol. The molecule has 2 amide bonds. The summed E-state index contributed by atoms with van der Waals surface area (Å²) in [6.45, 7) is 2.06. The molecule has 29 heavy (non-hydrogen) atoms. The van der Waals surface area contributed by atoms with E-state index in [-0.39, 0.29) is 11.8 Å². The third kappa shape index (κ3) is 4.91. The summed E-state index contributed by atoms with van der Waals surface area (Å²) in [4.78, 5) is 25.7. The Balaban J connectivity index is 0.000000343. The van der Waals surface area contributed by atoms with Crippen LogP contribution in [0.5, 0.6) is 0 Å². The van der Waals surface area contributed by atoms with Gasteiger partial charge in [-0.25, -0.2) is 10.0 Å². The van der Waals surface area contributed by atoms with Crippen molar-refractivity contribution in [1.82, 2.24) is 0 Å². The van der Waals surface area contributed by atoms with Gasteiger partial charge in [0.15, 0.2) is 0 Å². The van der Waals surface area contributed by atoms with Gasteiger partial charge in [-0.15, -0.1) is 0 Å². The van der Waals surface area contributed by atoms with Gasteiger partial charge in [0.2, 0.25) is 0 Å². The van der Waals surface area contributed by atoms with E-state index in [0.717, 1.165) is 12.8 Å². The molecule has 4 heteroatoms. The highest BCUT2D eigenvalue weighted by molar-refractivity contribution is 6.22. The molecule has 0 aromatic heterocycles. The molecule has 1 saturated heterocycles. The quantitative estimate of drug-likeness (QED) is 0.545. The lowest BCUT2D eigenvalue weighted by molar-refractivity contribution is -0.127. The lowest BCUT2D eigenvalue weighted by Crippen LogP contribution is -2.41. The summed E-state index contributed by atoms with van der Waals surface area (Å²) in [6, 6.07) is 30.7. The molecule has 0 saturated carbocycles. The Bertz CT molecular complexity index is 814. The molecule has 0 spiro atoms. The van der Waals surface area contributed by atoms with Crippen molar-refractivity contribution < 1.29 is 9.59 Å². The second-order valence-electron chi connectivity index (χ2n) is 6.82. The molecule has 1 heterocycles. The second-order valence-corrected chi connectivity index (χ2v) is 6.82. The Morgan fingerprint density at radius 1 is 0.621 bits per heavy atom. The van der Waals surface area contributed by atoms with Gasteiger partial charge in [0.25, 0.3) is 11.8 Å². The number of anilines is 2. The Hall–Kier alpha value is -3.40. The maximum absolute atomic E-state index is 12.9. The number of nitrogens with zero attached hydrogens (tertiary/aromatic N) is 2. The number of hydrazine groups is 1. The van der Waals surface area contributed by atoms with Crippen LogP contribution in [0.1, 0.15) is 26.2 Å². The van der Waals surface area contributed by atoms with Crippen LogP contribution in [0.15, 0.2) is 97.1 Å². The average molecular weight is 386 g/mol. The van der Waals surface area contributed by atoms with E-state index in [1.54, 1.807) is 0 Å². The fourth-order valence-electron chi connectivity index (χ4n) is 3.26. The number of amides is 2. The smallest absolute Gasteiger partial charge is 0.258 e. The first-order valence-corrected chi connectivity index (χ1v) is 10.0. The van der Waals surface area contributed by atoms with E-state index in [9.17, 15) is 9.59 Å². The first kappa shape index (κ1) is 20.3. The van der Waals surface area contributed by atoms with Gasteiger partial charge in [-0.2, -0.15) is 0 Å². The van der Waals surface area contributed by atoms with E-state index >= 15 is 0 Å². The second kappa shape index (κ2) is 10.2. The molecule has 0 N–H and O–H groups in total. The van der Waals surface area contributed by atoms with Crippen molar-refractivity contribution >= 4 is 23.2 Å². The molecule has 0 bridgehead atoms. The Morgan fingerprint density at radius 2 is 0.966 bits per heavy atom. The molecule has 1 aliphatic rings. The summed E-state index contributed by atoms with van der Waals surface area (Å²) in [5.41, 5.74) is 1.43. The van der Waals surface area contributed by atoms with Gasteiger partial charge in [0, 0.05) is 0 Å². The molecule has 3 aromatic rings. The van der Waals surface area contributed by atoms with Crippen LogP contribution in [0, 0.1) is 5.92 Å². The zero-order valence-corrected chi connectivity index (χ0v) is 16.6. The Morgan fingerprint density at radius 3 is 1.31 bits per heavy atom. The first-order chi connectivity index (χ1) is 14.2. The van der Waals surface area contributed by atoms with Gasteiger partial charge >= 0.3 is 0 Å². The van der Waals surface area contributed by atoms with E-state index in [2.05, 4.69) is 6.92 Å². The molecule has 0 unspecified atom stereocenters. The van der Waals surface area contributed by atoms with Crippen molar-refractivity contribution in [2.24, 2.45) is 5.92 Å². The Kier molecular flexibility index (Phi) is 7.17. The van der Waals surface area contributed by atoms with Crippen molar-refractivity contribution in [2.45, 2.75) is 26.2 Å². The maximum Gasteiger partial charge on any atom is 0.258 e. The zero-order chi connectivity index (χ0) is 20.5. The minimum atomic E-state index is -0.588. The summed E-state index contributed by atoms with van der Waals surface area (Å²) in [5, 5.41) is 3.02. The van der Waals surface area contributed by atoms with E-state index in [0.29, 0.717) is 17.8 Å². The SMILES string of the molecule is CCCCC1C(=O)N(c2ccccc2)N(c2ccccc2)C1=O.c1ccccc1. The van der Waals surface area contributed by atoms with Crippen LogP contribution in [-0.4, -0.2) is 11.8 Å². The van der Waals surface area contributed by atoms with E-state index in [1.165, 1.54) is 10.0 Å². The number of carbonyl (C=O) groups excluding carboxylic acids is 2. The lowest BCUT2D eigenvalue weighted by atomic mass is 10.0. The number of para-hydroxylation sites is 2. The minimum absolute atomic E-state index is 0.140. The summed E-state index contributed by atoms with van der Waals surface area (Å²) in [6.07, 6.45) is 2.43. The van der Waals surface area contributed by atoms with Gasteiger partial charge in [0.05, 0.1) is 11.4 Å².